The lowest BCUT2D eigenvalue weighted by molar-refractivity contribution is -0.142. The van der Waals surface area contributed by atoms with Crippen molar-refractivity contribution in [2.45, 2.75) is 39.0 Å². The number of thioether (sulfide) groups is 1. The summed E-state index contributed by atoms with van der Waals surface area (Å²) in [5, 5.41) is 0. The van der Waals surface area contributed by atoms with Crippen molar-refractivity contribution < 1.29 is 9.59 Å². The van der Waals surface area contributed by atoms with Gasteiger partial charge in [-0.15, -0.1) is 11.8 Å². The maximum atomic E-state index is 12.1. The molecular formula is C11H19NO2S. The fourth-order valence-electron chi connectivity index (χ4n) is 1.83. The Labute approximate surface area is 95.6 Å². The van der Waals surface area contributed by atoms with Crippen molar-refractivity contribution >= 4 is 23.6 Å². The van der Waals surface area contributed by atoms with E-state index in [2.05, 4.69) is 0 Å². The second-order valence-corrected chi connectivity index (χ2v) is 6.18. The number of carbonyl (C=O) groups is 2. The Morgan fingerprint density at radius 1 is 1.40 bits per heavy atom. The zero-order valence-corrected chi connectivity index (χ0v) is 10.9. The molecule has 0 aromatic rings. The average Bonchev–Trinajstić information content (AvgIpc) is 2.42. The minimum Gasteiger partial charge on any atom is -0.274 e. The lowest BCUT2D eigenvalue weighted by Gasteiger charge is -2.32. The smallest absolute Gasteiger partial charge is 0.234 e. The monoisotopic (exact) mass is 229 g/mol. The Morgan fingerprint density at radius 2 is 1.93 bits per heavy atom. The van der Waals surface area contributed by atoms with Gasteiger partial charge in [0.2, 0.25) is 11.8 Å². The van der Waals surface area contributed by atoms with E-state index in [9.17, 15) is 9.59 Å². The Bertz CT molecular complexity index is 286. The molecule has 0 bridgehead atoms. The molecule has 4 heteroatoms. The maximum absolute atomic E-state index is 12.1. The molecule has 0 spiro atoms. The second-order valence-electron chi connectivity index (χ2n) is 4.77. The third kappa shape index (κ3) is 2.19. The molecule has 1 rings (SSSR count). The number of nitrogens with zero attached hydrogens (tertiary/aromatic N) is 1. The van der Waals surface area contributed by atoms with Gasteiger partial charge in [-0.05, 0) is 26.0 Å². The molecule has 1 atom stereocenters. The van der Waals surface area contributed by atoms with E-state index in [1.165, 1.54) is 16.7 Å². The first-order chi connectivity index (χ1) is 6.81. The first kappa shape index (κ1) is 12.6. The summed E-state index contributed by atoms with van der Waals surface area (Å²) >= 11 is 1.53. The number of carbonyl (C=O) groups excluding carboxylic acids is 2. The Kier molecular flexibility index (Phi) is 3.48. The highest BCUT2D eigenvalue weighted by Gasteiger charge is 2.46. The van der Waals surface area contributed by atoms with Crippen LogP contribution in [0.15, 0.2) is 0 Å². The highest BCUT2D eigenvalue weighted by atomic mass is 32.2. The number of rotatable bonds is 3. The molecule has 0 radical (unpaired) electrons. The van der Waals surface area contributed by atoms with Crippen molar-refractivity contribution in [1.29, 1.82) is 0 Å². The Balaban J connectivity index is 2.94. The Morgan fingerprint density at radius 3 is 2.27 bits per heavy atom. The molecule has 1 saturated heterocycles. The molecule has 1 unspecified atom stereocenters. The number of hydrogen-bond donors (Lipinski definition) is 0. The zero-order chi connectivity index (χ0) is 11.8. The van der Waals surface area contributed by atoms with Crippen LogP contribution in [0.25, 0.3) is 0 Å². The van der Waals surface area contributed by atoms with Crippen molar-refractivity contribution in [2.75, 3.05) is 6.26 Å². The van der Waals surface area contributed by atoms with Gasteiger partial charge >= 0.3 is 0 Å². The summed E-state index contributed by atoms with van der Waals surface area (Å²) in [6.45, 7) is 7.81. The van der Waals surface area contributed by atoms with Crippen molar-refractivity contribution in [3.05, 3.63) is 0 Å². The highest BCUT2D eigenvalue weighted by Crippen LogP contribution is 2.36. The summed E-state index contributed by atoms with van der Waals surface area (Å²) in [5.74, 6) is 0.0837. The first-order valence-corrected chi connectivity index (χ1v) is 6.45. The van der Waals surface area contributed by atoms with Crippen LogP contribution in [-0.2, 0) is 9.59 Å². The molecular weight excluding hydrogens is 210 g/mol. The minimum absolute atomic E-state index is 0.00523. The molecule has 1 aliphatic rings. The number of imide groups is 1. The molecule has 15 heavy (non-hydrogen) atoms. The van der Waals surface area contributed by atoms with Crippen LogP contribution in [0, 0.1) is 11.8 Å². The van der Waals surface area contributed by atoms with Gasteiger partial charge in [-0.25, -0.2) is 0 Å². The van der Waals surface area contributed by atoms with Gasteiger partial charge in [0, 0.05) is 12.3 Å². The summed E-state index contributed by atoms with van der Waals surface area (Å²) in [6, 6.07) is 0. The predicted octanol–water partition coefficient (Wildman–Crippen LogP) is 2.12. The van der Waals surface area contributed by atoms with Gasteiger partial charge in [0.1, 0.15) is 0 Å². The standard InChI is InChI=1S/C11H19NO2S/c1-7(2)8-6-9(13)12(10(8)14)11(3,4)15-5/h7-8H,6H2,1-5H3. The summed E-state index contributed by atoms with van der Waals surface area (Å²) < 4.78 is 0. The van der Waals surface area contributed by atoms with Crippen LogP contribution in [0.1, 0.15) is 34.1 Å². The minimum atomic E-state index is -0.419. The number of hydrogen-bond acceptors (Lipinski definition) is 3. The molecule has 1 heterocycles. The van der Waals surface area contributed by atoms with Crippen molar-refractivity contribution in [3.63, 3.8) is 0 Å². The van der Waals surface area contributed by atoms with Crippen LogP contribution < -0.4 is 0 Å². The van der Waals surface area contributed by atoms with E-state index in [1.807, 2.05) is 34.0 Å². The highest BCUT2D eigenvalue weighted by molar-refractivity contribution is 7.99. The topological polar surface area (TPSA) is 37.4 Å². The van der Waals surface area contributed by atoms with Crippen LogP contribution in [0.3, 0.4) is 0 Å². The van der Waals surface area contributed by atoms with Gasteiger partial charge in [0.25, 0.3) is 0 Å². The fraction of sp³-hybridized carbons (Fsp3) is 0.818. The average molecular weight is 229 g/mol. The largest absolute Gasteiger partial charge is 0.274 e. The quantitative estimate of drug-likeness (QED) is 0.696. The van der Waals surface area contributed by atoms with Gasteiger partial charge < -0.3 is 0 Å². The summed E-state index contributed by atoms with van der Waals surface area (Å²) in [5.41, 5.74) is 0. The summed E-state index contributed by atoms with van der Waals surface area (Å²) in [4.78, 5) is 24.9. The molecule has 0 N–H and O–H groups in total. The number of likely N-dealkylation sites (tertiary alicyclic amines) is 1. The van der Waals surface area contributed by atoms with Crippen LogP contribution in [-0.4, -0.2) is 27.8 Å². The third-order valence-corrected chi connectivity index (χ3v) is 4.21. The maximum Gasteiger partial charge on any atom is 0.234 e. The van der Waals surface area contributed by atoms with E-state index in [0.29, 0.717) is 6.42 Å². The SMILES string of the molecule is CSC(C)(C)N1C(=O)CC(C(C)C)C1=O. The third-order valence-electron chi connectivity index (χ3n) is 3.02. The predicted molar refractivity (Wildman–Crippen MR) is 62.4 cm³/mol. The molecule has 1 aliphatic heterocycles. The van der Waals surface area contributed by atoms with Crippen LogP contribution in [0.4, 0.5) is 0 Å². The van der Waals surface area contributed by atoms with E-state index in [-0.39, 0.29) is 23.7 Å². The lowest BCUT2D eigenvalue weighted by Crippen LogP contribution is -2.45. The molecule has 0 saturated carbocycles. The second kappa shape index (κ2) is 4.16. The zero-order valence-electron chi connectivity index (χ0n) is 10.0. The van der Waals surface area contributed by atoms with Crippen LogP contribution >= 0.6 is 11.8 Å². The summed E-state index contributed by atoms with van der Waals surface area (Å²) in [6.07, 6.45) is 2.30. The fourth-order valence-corrected chi connectivity index (χ4v) is 2.21. The van der Waals surface area contributed by atoms with Gasteiger partial charge in [-0.2, -0.15) is 0 Å². The summed E-state index contributed by atoms with van der Waals surface area (Å²) in [7, 11) is 0. The van der Waals surface area contributed by atoms with Crippen molar-refractivity contribution in [2.24, 2.45) is 11.8 Å². The van der Waals surface area contributed by atoms with E-state index >= 15 is 0 Å². The lowest BCUT2D eigenvalue weighted by atomic mass is 9.94. The van der Waals surface area contributed by atoms with Crippen LogP contribution in [0.5, 0.6) is 0 Å². The molecule has 0 aromatic heterocycles. The Hall–Kier alpha value is -0.510. The number of amides is 2. The molecule has 2 amide bonds. The van der Waals surface area contributed by atoms with Gasteiger partial charge in [0.05, 0.1) is 4.87 Å². The van der Waals surface area contributed by atoms with Gasteiger partial charge in [-0.1, -0.05) is 13.8 Å². The molecule has 1 fully saturated rings. The van der Waals surface area contributed by atoms with Crippen LogP contribution in [0.2, 0.25) is 0 Å². The van der Waals surface area contributed by atoms with E-state index in [4.69, 9.17) is 0 Å². The molecule has 86 valence electrons. The van der Waals surface area contributed by atoms with Gasteiger partial charge in [-0.3, -0.25) is 14.5 Å². The van der Waals surface area contributed by atoms with E-state index in [1.54, 1.807) is 0 Å². The van der Waals surface area contributed by atoms with Gasteiger partial charge in [0.15, 0.2) is 0 Å². The normalized spacial score (nSPS) is 23.1. The van der Waals surface area contributed by atoms with Crippen molar-refractivity contribution in [1.82, 2.24) is 4.90 Å². The first-order valence-electron chi connectivity index (χ1n) is 5.23. The molecule has 0 aromatic carbocycles. The molecule has 0 aliphatic carbocycles. The van der Waals surface area contributed by atoms with E-state index in [0.717, 1.165) is 0 Å². The molecule has 3 nitrogen and oxygen atoms in total. The van der Waals surface area contributed by atoms with Crippen molar-refractivity contribution in [3.8, 4) is 0 Å². The van der Waals surface area contributed by atoms with E-state index < -0.39 is 4.87 Å².